The number of carbonyl (C=O) groups is 2. The zero-order valence-electron chi connectivity index (χ0n) is 13.0. The highest BCUT2D eigenvalue weighted by atomic mass is 16.6. The number of benzene rings is 2. The van der Waals surface area contributed by atoms with E-state index in [0.29, 0.717) is 22.2 Å². The minimum absolute atomic E-state index is 0.0820. The standard InChI is InChI=1S/C18H14N2O5/c19-10-14(21)11-4-3-5-12(8-11)20-18(23)25-16-9-17(22)24-15-7-2-1-6-13(15)16/h1-9H,10,19H2,(H,20,23). The number of Topliss-reactive ketones (excluding diaryl/α,β-unsaturated/α-hetero) is 1. The number of para-hydroxylation sites is 1. The van der Waals surface area contributed by atoms with Crippen LogP contribution in [0.3, 0.4) is 0 Å². The van der Waals surface area contributed by atoms with E-state index in [9.17, 15) is 14.4 Å². The van der Waals surface area contributed by atoms with Crippen LogP contribution in [0.25, 0.3) is 11.0 Å². The molecule has 0 unspecified atom stereocenters. The lowest BCUT2D eigenvalue weighted by Gasteiger charge is -2.09. The van der Waals surface area contributed by atoms with Crippen LogP contribution in [-0.4, -0.2) is 18.4 Å². The van der Waals surface area contributed by atoms with Crippen LogP contribution in [0.2, 0.25) is 0 Å². The van der Waals surface area contributed by atoms with Crippen molar-refractivity contribution in [2.24, 2.45) is 5.73 Å². The molecule has 0 aliphatic carbocycles. The van der Waals surface area contributed by atoms with E-state index in [1.165, 1.54) is 6.07 Å². The highest BCUT2D eigenvalue weighted by molar-refractivity contribution is 5.99. The van der Waals surface area contributed by atoms with E-state index in [-0.39, 0.29) is 18.1 Å². The van der Waals surface area contributed by atoms with Gasteiger partial charge in [0.25, 0.3) is 0 Å². The molecule has 7 nitrogen and oxygen atoms in total. The molecular formula is C18H14N2O5. The molecule has 2 aromatic carbocycles. The van der Waals surface area contributed by atoms with Crippen LogP contribution in [-0.2, 0) is 0 Å². The molecule has 0 aliphatic heterocycles. The van der Waals surface area contributed by atoms with E-state index in [0.717, 1.165) is 6.07 Å². The molecule has 126 valence electrons. The summed E-state index contributed by atoms with van der Waals surface area (Å²) in [6.07, 6.45) is -0.798. The lowest BCUT2D eigenvalue weighted by atomic mass is 10.1. The lowest BCUT2D eigenvalue weighted by Crippen LogP contribution is -2.18. The topological polar surface area (TPSA) is 112 Å². The first-order chi connectivity index (χ1) is 12.1. The van der Waals surface area contributed by atoms with E-state index < -0.39 is 11.7 Å². The monoisotopic (exact) mass is 338 g/mol. The van der Waals surface area contributed by atoms with Gasteiger partial charge >= 0.3 is 11.7 Å². The molecule has 0 bridgehead atoms. The predicted octanol–water partition coefficient (Wildman–Crippen LogP) is 2.55. The minimum atomic E-state index is -0.798. The fourth-order valence-corrected chi connectivity index (χ4v) is 2.30. The number of anilines is 1. The Morgan fingerprint density at radius 3 is 2.68 bits per heavy atom. The summed E-state index contributed by atoms with van der Waals surface area (Å²) < 4.78 is 10.3. The van der Waals surface area contributed by atoms with Gasteiger partial charge in [-0.05, 0) is 24.3 Å². The minimum Gasteiger partial charge on any atom is -0.422 e. The Labute approximate surface area is 142 Å². The van der Waals surface area contributed by atoms with Gasteiger partial charge in [-0.3, -0.25) is 10.1 Å². The number of nitrogens with two attached hydrogens (primary N) is 1. The van der Waals surface area contributed by atoms with Crippen LogP contribution in [0, 0.1) is 0 Å². The normalized spacial score (nSPS) is 10.4. The fourth-order valence-electron chi connectivity index (χ4n) is 2.30. The SMILES string of the molecule is NCC(=O)c1cccc(NC(=O)Oc2cc(=O)oc3ccccc23)c1. The van der Waals surface area contributed by atoms with Crippen molar-refractivity contribution in [3.8, 4) is 5.75 Å². The van der Waals surface area contributed by atoms with Crippen molar-refractivity contribution >= 4 is 28.5 Å². The molecule has 1 heterocycles. The van der Waals surface area contributed by atoms with Crippen LogP contribution in [0.15, 0.2) is 63.8 Å². The second-order valence-electron chi connectivity index (χ2n) is 5.15. The van der Waals surface area contributed by atoms with Gasteiger partial charge < -0.3 is 14.9 Å². The molecule has 1 amide bonds. The number of hydrogen-bond donors (Lipinski definition) is 2. The van der Waals surface area contributed by atoms with Crippen LogP contribution < -0.4 is 21.4 Å². The van der Waals surface area contributed by atoms with Crippen molar-refractivity contribution in [2.75, 3.05) is 11.9 Å². The van der Waals surface area contributed by atoms with E-state index in [1.54, 1.807) is 42.5 Å². The Morgan fingerprint density at radius 2 is 1.88 bits per heavy atom. The molecule has 0 saturated carbocycles. The summed E-state index contributed by atoms with van der Waals surface area (Å²) in [6, 6.07) is 14.1. The van der Waals surface area contributed by atoms with Gasteiger partial charge in [-0.2, -0.15) is 0 Å². The Balaban J connectivity index is 1.82. The number of hydrogen-bond acceptors (Lipinski definition) is 6. The molecule has 0 aliphatic rings. The van der Waals surface area contributed by atoms with Gasteiger partial charge in [0.1, 0.15) is 5.58 Å². The number of amides is 1. The highest BCUT2D eigenvalue weighted by Gasteiger charge is 2.12. The second kappa shape index (κ2) is 6.98. The van der Waals surface area contributed by atoms with Gasteiger partial charge in [-0.1, -0.05) is 24.3 Å². The predicted molar refractivity (Wildman–Crippen MR) is 92.0 cm³/mol. The molecule has 0 atom stereocenters. The molecule has 25 heavy (non-hydrogen) atoms. The number of rotatable bonds is 4. The van der Waals surface area contributed by atoms with Crippen molar-refractivity contribution in [3.05, 3.63) is 70.6 Å². The van der Waals surface area contributed by atoms with Crippen LogP contribution in [0.1, 0.15) is 10.4 Å². The number of fused-ring (bicyclic) bond motifs is 1. The molecule has 0 saturated heterocycles. The molecule has 7 heteroatoms. The van der Waals surface area contributed by atoms with Crippen molar-refractivity contribution < 1.29 is 18.7 Å². The average Bonchev–Trinajstić information content (AvgIpc) is 2.61. The van der Waals surface area contributed by atoms with E-state index in [2.05, 4.69) is 5.32 Å². The van der Waals surface area contributed by atoms with E-state index >= 15 is 0 Å². The summed E-state index contributed by atoms with van der Waals surface area (Å²) >= 11 is 0. The third kappa shape index (κ3) is 3.73. The first-order valence-electron chi connectivity index (χ1n) is 7.42. The summed E-state index contributed by atoms with van der Waals surface area (Å²) in [5.41, 5.74) is 5.76. The Hall–Kier alpha value is -3.45. The smallest absolute Gasteiger partial charge is 0.417 e. The summed E-state index contributed by atoms with van der Waals surface area (Å²) in [5.74, 6) is -0.165. The first kappa shape index (κ1) is 16.4. The third-order valence-electron chi connectivity index (χ3n) is 3.43. The van der Waals surface area contributed by atoms with Gasteiger partial charge in [-0.15, -0.1) is 0 Å². The number of ketones is 1. The molecule has 0 radical (unpaired) electrons. The maximum absolute atomic E-state index is 12.1. The lowest BCUT2D eigenvalue weighted by molar-refractivity contribution is 0.100. The molecule has 3 rings (SSSR count). The maximum Gasteiger partial charge on any atom is 0.417 e. The largest absolute Gasteiger partial charge is 0.422 e. The van der Waals surface area contributed by atoms with Crippen molar-refractivity contribution in [3.63, 3.8) is 0 Å². The number of nitrogens with one attached hydrogen (secondary N) is 1. The van der Waals surface area contributed by atoms with Gasteiger partial charge in [0.05, 0.1) is 18.0 Å². The third-order valence-corrected chi connectivity index (χ3v) is 3.43. The van der Waals surface area contributed by atoms with Crippen molar-refractivity contribution in [1.29, 1.82) is 0 Å². The van der Waals surface area contributed by atoms with Crippen LogP contribution in [0.4, 0.5) is 10.5 Å². The van der Waals surface area contributed by atoms with E-state index in [4.69, 9.17) is 14.9 Å². The Kier molecular flexibility index (Phi) is 4.58. The summed E-state index contributed by atoms with van der Waals surface area (Å²) in [7, 11) is 0. The molecule has 0 fully saturated rings. The molecule has 3 aromatic rings. The number of ether oxygens (including phenoxy) is 1. The molecule has 0 spiro atoms. The second-order valence-corrected chi connectivity index (χ2v) is 5.15. The van der Waals surface area contributed by atoms with Gasteiger partial charge in [-0.25, -0.2) is 9.59 Å². The Bertz CT molecular complexity index is 1010. The van der Waals surface area contributed by atoms with Crippen LogP contribution in [0.5, 0.6) is 5.75 Å². The molecule has 1 aromatic heterocycles. The van der Waals surface area contributed by atoms with Crippen molar-refractivity contribution in [2.45, 2.75) is 0 Å². The fraction of sp³-hybridized carbons (Fsp3) is 0.0556. The zero-order valence-corrected chi connectivity index (χ0v) is 13.0. The van der Waals surface area contributed by atoms with Gasteiger partial charge in [0.15, 0.2) is 11.5 Å². The van der Waals surface area contributed by atoms with E-state index in [1.807, 2.05) is 0 Å². The zero-order chi connectivity index (χ0) is 17.8. The molecular weight excluding hydrogens is 324 g/mol. The summed E-state index contributed by atoms with van der Waals surface area (Å²) in [4.78, 5) is 35.3. The summed E-state index contributed by atoms with van der Waals surface area (Å²) in [6.45, 7) is -0.125. The number of carbonyl (C=O) groups excluding carboxylic acids is 2. The maximum atomic E-state index is 12.1. The molecule has 3 N–H and O–H groups in total. The van der Waals surface area contributed by atoms with Gasteiger partial charge in [0, 0.05) is 11.3 Å². The average molecular weight is 338 g/mol. The Morgan fingerprint density at radius 1 is 1.08 bits per heavy atom. The van der Waals surface area contributed by atoms with Crippen molar-refractivity contribution in [1.82, 2.24) is 0 Å². The first-order valence-corrected chi connectivity index (χ1v) is 7.42. The highest BCUT2D eigenvalue weighted by Crippen LogP contribution is 2.23. The quantitative estimate of drug-likeness (QED) is 0.558. The summed E-state index contributed by atoms with van der Waals surface area (Å²) in [5, 5.41) is 3.00. The van der Waals surface area contributed by atoms with Gasteiger partial charge in [0.2, 0.25) is 0 Å². The van der Waals surface area contributed by atoms with Crippen LogP contribution >= 0.6 is 0 Å².